The van der Waals surface area contributed by atoms with Crippen molar-refractivity contribution in [2.75, 3.05) is 50.7 Å². The first-order valence-corrected chi connectivity index (χ1v) is 15.3. The predicted molar refractivity (Wildman–Crippen MR) is 156 cm³/mol. The van der Waals surface area contributed by atoms with Gasteiger partial charge in [-0.15, -0.1) is 0 Å². The number of anilines is 1. The number of nitrogens with zero attached hydrogens (tertiary/aromatic N) is 4. The van der Waals surface area contributed by atoms with Gasteiger partial charge in [0.15, 0.2) is 17.3 Å². The van der Waals surface area contributed by atoms with Crippen LogP contribution in [0.2, 0.25) is 0 Å². The quantitative estimate of drug-likeness (QED) is 0.409. The molecule has 214 valence electrons. The van der Waals surface area contributed by atoms with Crippen LogP contribution in [0.1, 0.15) is 48.9 Å². The van der Waals surface area contributed by atoms with Crippen molar-refractivity contribution in [2.24, 2.45) is 5.92 Å². The Morgan fingerprint density at radius 1 is 1.00 bits per heavy atom. The number of piperidine rings is 2. The second-order valence-corrected chi connectivity index (χ2v) is 12.4. The number of rotatable bonds is 3. The summed E-state index contributed by atoms with van der Waals surface area (Å²) in [5.74, 6) is 0.644. The predicted octanol–water partition coefficient (Wildman–Crippen LogP) is 4.12. The third kappa shape index (κ3) is 4.07. The number of likely N-dealkylation sites (tertiary alicyclic amines) is 2. The Kier molecular flexibility index (Phi) is 6.07. The van der Waals surface area contributed by atoms with E-state index in [1.54, 1.807) is 11.1 Å². The molecule has 41 heavy (non-hydrogen) atoms. The molecule has 1 aromatic heterocycles. The van der Waals surface area contributed by atoms with Crippen molar-refractivity contribution in [1.29, 1.82) is 0 Å². The monoisotopic (exact) mass is 557 g/mol. The molecule has 4 fully saturated rings. The minimum absolute atomic E-state index is 0.0864. The van der Waals surface area contributed by atoms with Gasteiger partial charge in [-0.05, 0) is 82.3 Å². The van der Waals surface area contributed by atoms with Gasteiger partial charge in [0.1, 0.15) is 16.8 Å². The maximum absolute atomic E-state index is 16.1. The highest BCUT2D eigenvalue weighted by molar-refractivity contribution is 6.01. The number of hydrogen-bond donors (Lipinski definition) is 1. The van der Waals surface area contributed by atoms with Crippen LogP contribution in [0.4, 0.5) is 10.1 Å². The molecule has 2 unspecified atom stereocenters. The third-order valence-corrected chi connectivity index (χ3v) is 10.1. The highest BCUT2D eigenvalue weighted by Crippen LogP contribution is 2.47. The molecule has 4 saturated heterocycles. The van der Waals surface area contributed by atoms with Gasteiger partial charge in [0.2, 0.25) is 5.43 Å². The standard InChI is InChI=1S/C32H36FN5O3/c33-24-16-22-28-31(29(24)37-17-20-6-5-11-34-25(20)19-37)41-27-8-2-1-7-26(27)38(28)18-23(30(22)39)32(40)36-14-9-21(10-15-36)35-12-3-4-13-35/h1-2,7-8,16,18,20-21,25,34H,3-6,9-15,17,19H2. The van der Waals surface area contributed by atoms with Crippen molar-refractivity contribution in [3.63, 3.8) is 0 Å². The Balaban J connectivity index is 1.21. The number of carbonyl (C=O) groups excluding carboxylic acids is 1. The molecule has 6 heterocycles. The van der Waals surface area contributed by atoms with E-state index in [1.165, 1.54) is 18.9 Å². The van der Waals surface area contributed by atoms with E-state index < -0.39 is 11.2 Å². The van der Waals surface area contributed by atoms with Crippen molar-refractivity contribution < 1.29 is 13.9 Å². The van der Waals surface area contributed by atoms with Crippen LogP contribution < -0.4 is 20.4 Å². The Labute approximate surface area is 238 Å². The molecule has 3 aromatic rings. The molecule has 1 N–H and O–H groups in total. The number of halogens is 1. The lowest BCUT2D eigenvalue weighted by Crippen LogP contribution is -2.46. The van der Waals surface area contributed by atoms with E-state index in [-0.39, 0.29) is 16.9 Å². The second kappa shape index (κ2) is 9.84. The van der Waals surface area contributed by atoms with Gasteiger partial charge < -0.3 is 29.3 Å². The van der Waals surface area contributed by atoms with E-state index in [1.807, 2.05) is 28.8 Å². The summed E-state index contributed by atoms with van der Waals surface area (Å²) in [5, 5.41) is 3.77. The van der Waals surface area contributed by atoms with Crippen molar-refractivity contribution in [3.05, 3.63) is 58.1 Å². The van der Waals surface area contributed by atoms with Gasteiger partial charge in [0.05, 0.1) is 11.1 Å². The van der Waals surface area contributed by atoms with Crippen LogP contribution in [0.15, 0.2) is 41.3 Å². The summed E-state index contributed by atoms with van der Waals surface area (Å²) >= 11 is 0. The summed E-state index contributed by atoms with van der Waals surface area (Å²) in [6, 6.07) is 9.71. The molecule has 9 heteroatoms. The van der Waals surface area contributed by atoms with E-state index in [2.05, 4.69) is 15.1 Å². The zero-order valence-electron chi connectivity index (χ0n) is 23.3. The fourth-order valence-electron chi connectivity index (χ4n) is 7.94. The number of carbonyl (C=O) groups is 1. The van der Waals surface area contributed by atoms with Crippen LogP contribution >= 0.6 is 0 Å². The fourth-order valence-corrected chi connectivity index (χ4v) is 7.94. The first-order chi connectivity index (χ1) is 20.1. The van der Waals surface area contributed by atoms with Gasteiger partial charge in [0.25, 0.3) is 5.91 Å². The van der Waals surface area contributed by atoms with E-state index in [9.17, 15) is 9.59 Å². The summed E-state index contributed by atoms with van der Waals surface area (Å²) in [7, 11) is 0. The Morgan fingerprint density at radius 2 is 1.80 bits per heavy atom. The van der Waals surface area contributed by atoms with Crippen LogP contribution in [-0.4, -0.2) is 78.2 Å². The topological polar surface area (TPSA) is 70.0 Å². The SMILES string of the molecule is O=C(c1cn2c3c(c(N4CC5CCCNC5C4)c(F)cc3c1=O)Oc1ccccc1-2)N1CCC(N2CCCC2)CC1. The summed E-state index contributed by atoms with van der Waals surface area (Å²) in [6.07, 6.45) is 8.23. The number of benzene rings is 2. The first-order valence-electron chi connectivity index (χ1n) is 15.3. The van der Waals surface area contributed by atoms with Crippen LogP contribution in [0, 0.1) is 11.7 Å². The molecule has 8 rings (SSSR count). The number of amides is 1. The molecule has 5 aliphatic rings. The zero-order chi connectivity index (χ0) is 27.7. The van der Waals surface area contributed by atoms with Gasteiger partial charge in [0, 0.05) is 44.5 Å². The molecule has 2 atom stereocenters. The summed E-state index contributed by atoms with van der Waals surface area (Å²) in [6.45, 7) is 5.95. The van der Waals surface area contributed by atoms with Crippen molar-refractivity contribution in [1.82, 2.24) is 19.7 Å². The highest BCUT2D eigenvalue weighted by atomic mass is 19.1. The lowest BCUT2D eigenvalue weighted by Gasteiger charge is -2.36. The van der Waals surface area contributed by atoms with Crippen LogP contribution in [0.3, 0.4) is 0 Å². The lowest BCUT2D eigenvalue weighted by atomic mass is 9.94. The average Bonchev–Trinajstić information content (AvgIpc) is 3.69. The number of fused-ring (bicyclic) bond motifs is 3. The Morgan fingerprint density at radius 3 is 2.61 bits per heavy atom. The van der Waals surface area contributed by atoms with Gasteiger partial charge >= 0.3 is 0 Å². The highest BCUT2D eigenvalue weighted by Gasteiger charge is 2.39. The normalized spacial score (nSPS) is 24.4. The summed E-state index contributed by atoms with van der Waals surface area (Å²) in [5.41, 5.74) is 1.32. The van der Waals surface area contributed by atoms with Crippen LogP contribution in [-0.2, 0) is 0 Å². The Hall–Kier alpha value is -3.43. The van der Waals surface area contributed by atoms with Crippen molar-refractivity contribution >= 4 is 22.5 Å². The molecule has 0 bridgehead atoms. The molecular weight excluding hydrogens is 521 g/mol. The summed E-state index contributed by atoms with van der Waals surface area (Å²) in [4.78, 5) is 34.2. The van der Waals surface area contributed by atoms with E-state index in [0.717, 1.165) is 57.5 Å². The number of ether oxygens (including phenoxy) is 1. The maximum Gasteiger partial charge on any atom is 0.259 e. The molecular formula is C32H36FN5O3. The minimum atomic E-state index is -0.481. The molecule has 2 aromatic carbocycles. The molecule has 5 aliphatic heterocycles. The number of hydrogen-bond acceptors (Lipinski definition) is 6. The summed E-state index contributed by atoms with van der Waals surface area (Å²) < 4.78 is 24.4. The largest absolute Gasteiger partial charge is 0.451 e. The molecule has 0 radical (unpaired) electrons. The molecule has 8 nitrogen and oxygen atoms in total. The first kappa shape index (κ1) is 25.3. The smallest absolute Gasteiger partial charge is 0.259 e. The van der Waals surface area contributed by atoms with E-state index in [4.69, 9.17) is 4.74 Å². The van der Waals surface area contributed by atoms with E-state index in [0.29, 0.717) is 60.3 Å². The molecule has 1 amide bonds. The van der Waals surface area contributed by atoms with Crippen molar-refractivity contribution in [2.45, 2.75) is 50.6 Å². The van der Waals surface area contributed by atoms with E-state index >= 15 is 4.39 Å². The average molecular weight is 558 g/mol. The lowest BCUT2D eigenvalue weighted by molar-refractivity contribution is 0.0643. The molecule has 0 saturated carbocycles. The van der Waals surface area contributed by atoms with Gasteiger partial charge in [-0.1, -0.05) is 12.1 Å². The second-order valence-electron chi connectivity index (χ2n) is 12.4. The maximum atomic E-state index is 16.1. The Bertz CT molecular complexity index is 1580. The van der Waals surface area contributed by atoms with Gasteiger partial charge in [-0.25, -0.2) is 4.39 Å². The van der Waals surface area contributed by atoms with Crippen molar-refractivity contribution in [3.8, 4) is 17.2 Å². The van der Waals surface area contributed by atoms with Gasteiger partial charge in [-0.2, -0.15) is 0 Å². The van der Waals surface area contributed by atoms with Crippen LogP contribution in [0.25, 0.3) is 16.6 Å². The third-order valence-electron chi connectivity index (χ3n) is 10.1. The number of pyridine rings is 1. The number of nitrogens with one attached hydrogen (secondary N) is 1. The number of para-hydroxylation sites is 2. The van der Waals surface area contributed by atoms with Gasteiger partial charge in [-0.3, -0.25) is 9.59 Å². The minimum Gasteiger partial charge on any atom is -0.451 e. The molecule has 0 spiro atoms. The zero-order valence-corrected chi connectivity index (χ0v) is 23.3. The van der Waals surface area contributed by atoms with Crippen LogP contribution in [0.5, 0.6) is 11.5 Å². The number of aromatic nitrogens is 1. The molecule has 0 aliphatic carbocycles. The fraction of sp³-hybridized carbons (Fsp3) is 0.500.